The van der Waals surface area contributed by atoms with Crippen LogP contribution in [-0.2, 0) is 0 Å². The van der Waals surface area contributed by atoms with Crippen molar-refractivity contribution in [1.82, 2.24) is 4.57 Å². The first-order chi connectivity index (χ1) is 5.70. The Labute approximate surface area is 70.8 Å². The van der Waals surface area contributed by atoms with Gasteiger partial charge in [0.25, 0.3) is 5.56 Å². The van der Waals surface area contributed by atoms with Crippen molar-refractivity contribution in [2.75, 3.05) is 5.73 Å². The van der Waals surface area contributed by atoms with Gasteiger partial charge in [0.05, 0.1) is 5.69 Å². The minimum Gasteiger partial charge on any atom is -0.394 e. The van der Waals surface area contributed by atoms with Gasteiger partial charge in [0, 0.05) is 12.2 Å². The minimum absolute atomic E-state index is 0.0492. The standard InChI is InChI=1S/C9H12N2O/c1-6-5-8(6)11-4-2-3-7(10)9(11)12/h2-4,6,8H,5,10H2,1H3. The number of pyridine rings is 1. The Morgan fingerprint density at radius 2 is 2.33 bits per heavy atom. The molecule has 1 aliphatic rings. The molecule has 0 saturated heterocycles. The van der Waals surface area contributed by atoms with Crippen LogP contribution in [0.15, 0.2) is 23.1 Å². The van der Waals surface area contributed by atoms with E-state index in [1.165, 1.54) is 0 Å². The molecule has 12 heavy (non-hydrogen) atoms. The third-order valence-electron chi connectivity index (χ3n) is 2.43. The molecule has 0 aromatic carbocycles. The van der Waals surface area contributed by atoms with E-state index in [0.29, 0.717) is 17.6 Å². The van der Waals surface area contributed by atoms with Crippen LogP contribution in [0.2, 0.25) is 0 Å². The van der Waals surface area contributed by atoms with Crippen LogP contribution in [0.5, 0.6) is 0 Å². The van der Waals surface area contributed by atoms with E-state index in [2.05, 4.69) is 6.92 Å². The minimum atomic E-state index is -0.0492. The summed E-state index contributed by atoms with van der Waals surface area (Å²) >= 11 is 0. The maximum absolute atomic E-state index is 11.4. The predicted octanol–water partition coefficient (Wildman–Crippen LogP) is 1.01. The highest BCUT2D eigenvalue weighted by molar-refractivity contribution is 5.34. The van der Waals surface area contributed by atoms with Gasteiger partial charge in [-0.2, -0.15) is 0 Å². The van der Waals surface area contributed by atoms with Gasteiger partial charge >= 0.3 is 0 Å². The normalized spacial score (nSPS) is 27.1. The second-order valence-electron chi connectivity index (χ2n) is 3.46. The molecule has 1 heterocycles. The van der Waals surface area contributed by atoms with Crippen LogP contribution in [0, 0.1) is 5.92 Å². The van der Waals surface area contributed by atoms with Crippen LogP contribution in [0.3, 0.4) is 0 Å². The Balaban J connectivity index is 2.45. The fourth-order valence-corrected chi connectivity index (χ4v) is 1.48. The maximum Gasteiger partial charge on any atom is 0.273 e. The van der Waals surface area contributed by atoms with Crippen molar-refractivity contribution in [3.8, 4) is 0 Å². The van der Waals surface area contributed by atoms with Gasteiger partial charge in [-0.05, 0) is 24.5 Å². The molecular weight excluding hydrogens is 152 g/mol. The molecule has 2 N–H and O–H groups in total. The van der Waals surface area contributed by atoms with Gasteiger partial charge in [-0.1, -0.05) is 6.92 Å². The average molecular weight is 164 g/mol. The van der Waals surface area contributed by atoms with E-state index in [0.717, 1.165) is 6.42 Å². The van der Waals surface area contributed by atoms with Gasteiger partial charge in [-0.3, -0.25) is 4.79 Å². The number of rotatable bonds is 1. The van der Waals surface area contributed by atoms with E-state index >= 15 is 0 Å². The smallest absolute Gasteiger partial charge is 0.273 e. The maximum atomic E-state index is 11.4. The topological polar surface area (TPSA) is 48.0 Å². The molecule has 0 radical (unpaired) electrons. The Hall–Kier alpha value is -1.25. The number of nitrogen functional groups attached to an aromatic ring is 1. The van der Waals surface area contributed by atoms with Crippen molar-refractivity contribution < 1.29 is 0 Å². The highest BCUT2D eigenvalue weighted by Gasteiger charge is 2.34. The SMILES string of the molecule is CC1CC1n1cccc(N)c1=O. The summed E-state index contributed by atoms with van der Waals surface area (Å²) in [7, 11) is 0. The molecule has 1 aromatic heterocycles. The second kappa shape index (κ2) is 2.37. The summed E-state index contributed by atoms with van der Waals surface area (Å²) in [4.78, 5) is 11.4. The molecule has 1 saturated carbocycles. The fraction of sp³-hybridized carbons (Fsp3) is 0.444. The van der Waals surface area contributed by atoms with E-state index in [1.807, 2.05) is 12.3 Å². The number of nitrogens with two attached hydrogens (primary N) is 1. The zero-order valence-electron chi connectivity index (χ0n) is 7.03. The number of aromatic nitrogens is 1. The van der Waals surface area contributed by atoms with Crippen LogP contribution in [-0.4, -0.2) is 4.57 Å². The van der Waals surface area contributed by atoms with Crippen LogP contribution in [0.25, 0.3) is 0 Å². The lowest BCUT2D eigenvalue weighted by Gasteiger charge is -2.03. The predicted molar refractivity (Wildman–Crippen MR) is 47.9 cm³/mol. The monoisotopic (exact) mass is 164 g/mol. The Kier molecular flexibility index (Phi) is 1.46. The highest BCUT2D eigenvalue weighted by atomic mass is 16.1. The van der Waals surface area contributed by atoms with Crippen molar-refractivity contribution in [1.29, 1.82) is 0 Å². The molecule has 3 nitrogen and oxygen atoms in total. The Morgan fingerprint density at radius 3 is 2.92 bits per heavy atom. The van der Waals surface area contributed by atoms with Gasteiger partial charge in [0.2, 0.25) is 0 Å². The number of anilines is 1. The lowest BCUT2D eigenvalue weighted by atomic mass is 10.4. The average Bonchev–Trinajstić information content (AvgIpc) is 2.73. The van der Waals surface area contributed by atoms with E-state index < -0.39 is 0 Å². The summed E-state index contributed by atoms with van der Waals surface area (Å²) in [6.07, 6.45) is 2.91. The Morgan fingerprint density at radius 1 is 1.67 bits per heavy atom. The second-order valence-corrected chi connectivity index (χ2v) is 3.46. The van der Waals surface area contributed by atoms with E-state index in [9.17, 15) is 4.79 Å². The molecule has 2 unspecified atom stereocenters. The van der Waals surface area contributed by atoms with E-state index in [-0.39, 0.29) is 5.56 Å². The van der Waals surface area contributed by atoms with Gasteiger partial charge in [-0.15, -0.1) is 0 Å². The summed E-state index contributed by atoms with van der Waals surface area (Å²) in [6.45, 7) is 2.14. The lowest BCUT2D eigenvalue weighted by Crippen LogP contribution is -2.21. The van der Waals surface area contributed by atoms with Crippen molar-refractivity contribution >= 4 is 5.69 Å². The van der Waals surface area contributed by atoms with Crippen molar-refractivity contribution in [3.63, 3.8) is 0 Å². The summed E-state index contributed by atoms with van der Waals surface area (Å²) in [5, 5.41) is 0. The zero-order valence-corrected chi connectivity index (χ0v) is 7.03. The van der Waals surface area contributed by atoms with Crippen LogP contribution >= 0.6 is 0 Å². The number of hydrogen-bond acceptors (Lipinski definition) is 2. The van der Waals surface area contributed by atoms with Crippen molar-refractivity contribution in [2.45, 2.75) is 19.4 Å². The summed E-state index contributed by atoms with van der Waals surface area (Å²) in [6, 6.07) is 3.86. The first-order valence-electron chi connectivity index (χ1n) is 4.17. The largest absolute Gasteiger partial charge is 0.394 e. The third kappa shape index (κ3) is 1.02. The summed E-state index contributed by atoms with van der Waals surface area (Å²) in [5.41, 5.74) is 5.79. The lowest BCUT2D eigenvalue weighted by molar-refractivity contribution is 0.661. The molecule has 1 aliphatic carbocycles. The van der Waals surface area contributed by atoms with Gasteiger partial charge in [0.15, 0.2) is 0 Å². The fourth-order valence-electron chi connectivity index (χ4n) is 1.48. The summed E-state index contributed by atoms with van der Waals surface area (Å²) in [5.74, 6) is 0.629. The van der Waals surface area contributed by atoms with E-state index in [4.69, 9.17) is 5.73 Å². The van der Waals surface area contributed by atoms with Crippen molar-refractivity contribution in [2.24, 2.45) is 5.92 Å². The third-order valence-corrected chi connectivity index (χ3v) is 2.43. The molecule has 2 atom stereocenters. The van der Waals surface area contributed by atoms with Gasteiger partial charge < -0.3 is 10.3 Å². The molecule has 1 fully saturated rings. The molecule has 0 aliphatic heterocycles. The molecule has 3 heteroatoms. The molecule has 2 rings (SSSR count). The first kappa shape index (κ1) is 7.40. The molecule has 1 aromatic rings. The first-order valence-corrected chi connectivity index (χ1v) is 4.17. The highest BCUT2D eigenvalue weighted by Crippen LogP contribution is 2.41. The Bertz CT molecular complexity index is 356. The van der Waals surface area contributed by atoms with Crippen molar-refractivity contribution in [3.05, 3.63) is 28.7 Å². The molecule has 0 bridgehead atoms. The molecular formula is C9H12N2O. The molecule has 0 amide bonds. The molecule has 64 valence electrons. The summed E-state index contributed by atoms with van der Waals surface area (Å²) < 4.78 is 1.74. The number of hydrogen-bond donors (Lipinski definition) is 1. The molecule has 0 spiro atoms. The van der Waals surface area contributed by atoms with E-state index in [1.54, 1.807) is 10.6 Å². The quantitative estimate of drug-likeness (QED) is 0.673. The van der Waals surface area contributed by atoms with Gasteiger partial charge in [0.1, 0.15) is 0 Å². The van der Waals surface area contributed by atoms with Crippen LogP contribution in [0.4, 0.5) is 5.69 Å². The van der Waals surface area contributed by atoms with Crippen LogP contribution in [0.1, 0.15) is 19.4 Å². The van der Waals surface area contributed by atoms with Gasteiger partial charge in [-0.25, -0.2) is 0 Å². The number of nitrogens with zero attached hydrogens (tertiary/aromatic N) is 1. The van der Waals surface area contributed by atoms with Crippen LogP contribution < -0.4 is 11.3 Å². The zero-order chi connectivity index (χ0) is 8.72.